The Kier molecular flexibility index (Phi) is 6.83. The first-order valence-corrected chi connectivity index (χ1v) is 10.8. The number of nitrogens with zero attached hydrogens (tertiary/aromatic N) is 3. The third kappa shape index (κ3) is 4.79. The minimum Gasteiger partial charge on any atom is -0.494 e. The number of benzene rings is 2. The molecule has 7 nitrogen and oxygen atoms in total. The topological polar surface area (TPSA) is 95.1 Å². The van der Waals surface area contributed by atoms with Crippen LogP contribution in [0.2, 0.25) is 0 Å². The third-order valence-corrected chi connectivity index (χ3v) is 5.54. The van der Waals surface area contributed by atoms with Crippen molar-refractivity contribution in [3.63, 3.8) is 0 Å². The quantitative estimate of drug-likeness (QED) is 0.429. The molecule has 0 spiro atoms. The number of carbonyl (C=O) groups is 1. The van der Waals surface area contributed by atoms with E-state index in [1.807, 2.05) is 61.7 Å². The molecule has 1 amide bonds. The third-order valence-electron chi connectivity index (χ3n) is 3.80. The number of carbonyl (C=O) groups excluding carboxylic acids is 1. The minimum atomic E-state index is -0.128. The number of ether oxygens (including phenoxy) is 1. The molecule has 0 radical (unpaired) electrons. The normalized spacial score (nSPS) is 10.6. The standard InChI is InChI=1S/C19H21N5O2S2/c1-3-26-14-10-8-13(9-11-14)18-22-23-19(24(18)20)28-12-17(25)21-15-6-4-5-7-16(15)27-2/h4-11H,3,12,20H2,1-2H3,(H,21,25). The van der Waals surface area contributed by atoms with E-state index in [1.54, 1.807) is 11.8 Å². The van der Waals surface area contributed by atoms with E-state index < -0.39 is 0 Å². The van der Waals surface area contributed by atoms with Crippen molar-refractivity contribution in [2.45, 2.75) is 17.0 Å². The van der Waals surface area contributed by atoms with Gasteiger partial charge in [0.1, 0.15) is 5.75 Å². The van der Waals surface area contributed by atoms with E-state index in [-0.39, 0.29) is 11.7 Å². The highest BCUT2D eigenvalue weighted by atomic mass is 32.2. The van der Waals surface area contributed by atoms with Crippen molar-refractivity contribution < 1.29 is 9.53 Å². The molecule has 0 bridgehead atoms. The maximum atomic E-state index is 12.3. The minimum absolute atomic E-state index is 0.128. The van der Waals surface area contributed by atoms with E-state index >= 15 is 0 Å². The smallest absolute Gasteiger partial charge is 0.234 e. The van der Waals surface area contributed by atoms with Crippen LogP contribution in [-0.4, -0.2) is 39.4 Å². The van der Waals surface area contributed by atoms with Gasteiger partial charge in [0.2, 0.25) is 11.1 Å². The molecule has 0 atom stereocenters. The molecule has 0 aliphatic carbocycles. The fourth-order valence-corrected chi connectivity index (χ4v) is 3.71. The van der Waals surface area contributed by atoms with Gasteiger partial charge in [-0.25, -0.2) is 4.68 Å². The van der Waals surface area contributed by atoms with Gasteiger partial charge in [-0.2, -0.15) is 0 Å². The molecular formula is C19H21N5O2S2. The Bertz CT molecular complexity index is 944. The number of amides is 1. The van der Waals surface area contributed by atoms with E-state index in [2.05, 4.69) is 15.5 Å². The van der Waals surface area contributed by atoms with Gasteiger partial charge in [-0.05, 0) is 49.6 Å². The molecule has 0 saturated carbocycles. The Morgan fingerprint density at radius 3 is 2.64 bits per heavy atom. The summed E-state index contributed by atoms with van der Waals surface area (Å²) in [6.45, 7) is 2.54. The summed E-state index contributed by atoms with van der Waals surface area (Å²) < 4.78 is 6.83. The van der Waals surface area contributed by atoms with Crippen LogP contribution < -0.4 is 15.9 Å². The van der Waals surface area contributed by atoms with Crippen LogP contribution in [0.15, 0.2) is 58.6 Å². The van der Waals surface area contributed by atoms with Gasteiger partial charge in [0.05, 0.1) is 18.0 Å². The number of nitrogens with one attached hydrogen (secondary N) is 1. The van der Waals surface area contributed by atoms with Crippen LogP contribution in [0.5, 0.6) is 5.75 Å². The van der Waals surface area contributed by atoms with Gasteiger partial charge in [-0.1, -0.05) is 23.9 Å². The number of thioether (sulfide) groups is 2. The largest absolute Gasteiger partial charge is 0.494 e. The highest BCUT2D eigenvalue weighted by molar-refractivity contribution is 7.99. The molecule has 1 heterocycles. The Morgan fingerprint density at radius 2 is 1.93 bits per heavy atom. The number of nitrogen functional groups attached to an aromatic ring is 1. The van der Waals surface area contributed by atoms with Crippen LogP contribution in [0.3, 0.4) is 0 Å². The Balaban J connectivity index is 1.63. The Hall–Kier alpha value is -2.65. The second-order valence-electron chi connectivity index (χ2n) is 5.67. The second-order valence-corrected chi connectivity index (χ2v) is 7.46. The summed E-state index contributed by atoms with van der Waals surface area (Å²) in [7, 11) is 0. The SMILES string of the molecule is CCOc1ccc(-c2nnc(SCC(=O)Nc3ccccc3SC)n2N)cc1. The lowest BCUT2D eigenvalue weighted by molar-refractivity contribution is -0.113. The fraction of sp³-hybridized carbons (Fsp3) is 0.211. The van der Waals surface area contributed by atoms with Gasteiger partial charge in [0, 0.05) is 10.5 Å². The molecule has 0 saturated heterocycles. The maximum Gasteiger partial charge on any atom is 0.234 e. The van der Waals surface area contributed by atoms with E-state index in [0.29, 0.717) is 17.6 Å². The average molecular weight is 416 g/mol. The molecule has 3 rings (SSSR count). The predicted molar refractivity (Wildman–Crippen MR) is 114 cm³/mol. The molecule has 146 valence electrons. The summed E-state index contributed by atoms with van der Waals surface area (Å²) >= 11 is 2.82. The molecule has 0 aliphatic heterocycles. The summed E-state index contributed by atoms with van der Waals surface area (Å²) in [6.07, 6.45) is 1.97. The van der Waals surface area contributed by atoms with E-state index in [0.717, 1.165) is 21.9 Å². The lowest BCUT2D eigenvalue weighted by Crippen LogP contribution is -2.16. The molecule has 0 fully saturated rings. The lowest BCUT2D eigenvalue weighted by Gasteiger charge is -2.09. The van der Waals surface area contributed by atoms with Gasteiger partial charge in [0.25, 0.3) is 0 Å². The molecule has 0 aliphatic rings. The zero-order valence-corrected chi connectivity index (χ0v) is 17.2. The van der Waals surface area contributed by atoms with Gasteiger partial charge >= 0.3 is 0 Å². The molecule has 3 aromatic rings. The van der Waals surface area contributed by atoms with Crippen molar-refractivity contribution in [3.8, 4) is 17.1 Å². The number of nitrogens with two attached hydrogens (primary N) is 1. The summed E-state index contributed by atoms with van der Waals surface area (Å²) in [6, 6.07) is 15.1. The van der Waals surface area contributed by atoms with Crippen molar-refractivity contribution in [2.75, 3.05) is 29.8 Å². The van der Waals surface area contributed by atoms with Crippen LogP contribution >= 0.6 is 23.5 Å². The van der Waals surface area contributed by atoms with E-state index in [9.17, 15) is 4.79 Å². The molecular weight excluding hydrogens is 394 g/mol. The van der Waals surface area contributed by atoms with Gasteiger partial charge in [-0.15, -0.1) is 22.0 Å². The Morgan fingerprint density at radius 1 is 1.18 bits per heavy atom. The summed E-state index contributed by atoms with van der Waals surface area (Å²) in [5, 5.41) is 11.6. The van der Waals surface area contributed by atoms with Gasteiger partial charge in [-0.3, -0.25) is 4.79 Å². The summed E-state index contributed by atoms with van der Waals surface area (Å²) in [4.78, 5) is 13.3. The highest BCUT2D eigenvalue weighted by Crippen LogP contribution is 2.26. The number of hydrogen-bond acceptors (Lipinski definition) is 7. The summed E-state index contributed by atoms with van der Waals surface area (Å²) in [5.74, 6) is 7.49. The van der Waals surface area contributed by atoms with Crippen molar-refractivity contribution in [1.29, 1.82) is 0 Å². The molecule has 3 N–H and O–H groups in total. The van der Waals surface area contributed by atoms with E-state index in [1.165, 1.54) is 16.4 Å². The average Bonchev–Trinajstić information content (AvgIpc) is 3.08. The fourth-order valence-electron chi connectivity index (χ4n) is 2.50. The first kappa shape index (κ1) is 20.1. The van der Waals surface area contributed by atoms with Crippen LogP contribution in [0, 0.1) is 0 Å². The monoisotopic (exact) mass is 415 g/mol. The first-order chi connectivity index (χ1) is 13.6. The van der Waals surface area contributed by atoms with Crippen LogP contribution in [0.4, 0.5) is 5.69 Å². The first-order valence-electron chi connectivity index (χ1n) is 8.61. The number of hydrogen-bond donors (Lipinski definition) is 2. The number of anilines is 1. The number of rotatable bonds is 8. The number of para-hydroxylation sites is 1. The predicted octanol–water partition coefficient (Wildman–Crippen LogP) is 3.51. The van der Waals surface area contributed by atoms with E-state index in [4.69, 9.17) is 10.6 Å². The number of aromatic nitrogens is 3. The molecule has 0 unspecified atom stereocenters. The zero-order valence-electron chi connectivity index (χ0n) is 15.6. The van der Waals surface area contributed by atoms with Crippen molar-refractivity contribution >= 4 is 35.1 Å². The van der Waals surface area contributed by atoms with Gasteiger partial charge < -0.3 is 15.9 Å². The van der Waals surface area contributed by atoms with Crippen molar-refractivity contribution in [2.24, 2.45) is 0 Å². The zero-order chi connectivity index (χ0) is 19.9. The lowest BCUT2D eigenvalue weighted by atomic mass is 10.2. The summed E-state index contributed by atoms with van der Waals surface area (Å²) in [5.41, 5.74) is 1.62. The van der Waals surface area contributed by atoms with Crippen LogP contribution in [0.25, 0.3) is 11.4 Å². The second kappa shape index (κ2) is 9.52. The molecule has 9 heteroatoms. The molecule has 2 aromatic carbocycles. The maximum absolute atomic E-state index is 12.3. The molecule has 28 heavy (non-hydrogen) atoms. The van der Waals surface area contributed by atoms with Crippen molar-refractivity contribution in [1.82, 2.24) is 14.9 Å². The van der Waals surface area contributed by atoms with Crippen LogP contribution in [-0.2, 0) is 4.79 Å². The molecule has 1 aromatic heterocycles. The van der Waals surface area contributed by atoms with Gasteiger partial charge in [0.15, 0.2) is 5.82 Å². The Labute approximate surface area is 172 Å². The van der Waals surface area contributed by atoms with Crippen LogP contribution in [0.1, 0.15) is 6.92 Å². The van der Waals surface area contributed by atoms with Crippen molar-refractivity contribution in [3.05, 3.63) is 48.5 Å². The highest BCUT2D eigenvalue weighted by Gasteiger charge is 2.14.